The highest BCUT2D eigenvalue weighted by Gasteiger charge is 2.38. The quantitative estimate of drug-likeness (QED) is 0.341. The van der Waals surface area contributed by atoms with Crippen LogP contribution in [0.5, 0.6) is 11.5 Å². The number of fused-ring (bicyclic) bond motifs is 1. The average molecular weight is 493 g/mol. The maximum absolute atomic E-state index is 12.8. The van der Waals surface area contributed by atoms with E-state index < -0.39 is 17.8 Å². The summed E-state index contributed by atoms with van der Waals surface area (Å²) in [5.74, 6) is -0.104. The molecule has 0 saturated carbocycles. The largest absolute Gasteiger partial charge is 0.497 e. The Morgan fingerprint density at radius 2 is 1.86 bits per heavy atom. The molecular formula is C25H23N3O8. The van der Waals surface area contributed by atoms with Gasteiger partial charge in [0, 0.05) is 12.7 Å². The fourth-order valence-corrected chi connectivity index (χ4v) is 4.19. The number of rotatable bonds is 8. The molecule has 0 bridgehead atoms. The number of amides is 2. The number of hydrogen-bond acceptors (Lipinski definition) is 10. The normalized spacial score (nSPS) is 16.8. The molecule has 1 aromatic heterocycles. The van der Waals surface area contributed by atoms with Crippen LogP contribution in [0.4, 0.5) is 0 Å². The van der Waals surface area contributed by atoms with E-state index in [1.807, 2.05) is 0 Å². The highest BCUT2D eigenvalue weighted by atomic mass is 16.6. The van der Waals surface area contributed by atoms with Crippen molar-refractivity contribution in [2.24, 2.45) is 0 Å². The number of carbonyl (C=O) groups excluding carboxylic acids is 3. The fourth-order valence-electron chi connectivity index (χ4n) is 4.19. The molecule has 5 rings (SSSR count). The van der Waals surface area contributed by atoms with Gasteiger partial charge in [-0.15, -0.1) is 0 Å². The van der Waals surface area contributed by atoms with Crippen LogP contribution in [0.3, 0.4) is 0 Å². The van der Waals surface area contributed by atoms with Crippen LogP contribution in [-0.4, -0.2) is 66.3 Å². The van der Waals surface area contributed by atoms with Gasteiger partial charge in [-0.1, -0.05) is 5.16 Å². The van der Waals surface area contributed by atoms with Gasteiger partial charge in [-0.05, 0) is 43.2 Å². The monoisotopic (exact) mass is 493 g/mol. The third-order valence-electron chi connectivity index (χ3n) is 6.06. The van der Waals surface area contributed by atoms with Gasteiger partial charge in [0.05, 0.1) is 49.1 Å². The minimum Gasteiger partial charge on any atom is -0.497 e. The van der Waals surface area contributed by atoms with Gasteiger partial charge >= 0.3 is 5.97 Å². The molecule has 0 N–H and O–H groups in total. The third kappa shape index (κ3) is 4.40. The molecule has 1 saturated heterocycles. The first-order valence-corrected chi connectivity index (χ1v) is 11.3. The predicted molar refractivity (Wildman–Crippen MR) is 123 cm³/mol. The summed E-state index contributed by atoms with van der Waals surface area (Å²) < 4.78 is 26.6. The van der Waals surface area contributed by atoms with Crippen molar-refractivity contribution in [1.29, 1.82) is 0 Å². The van der Waals surface area contributed by atoms with Crippen molar-refractivity contribution in [3.63, 3.8) is 0 Å². The first-order valence-electron chi connectivity index (χ1n) is 11.3. The summed E-state index contributed by atoms with van der Waals surface area (Å²) in [5, 5.41) is 3.92. The van der Waals surface area contributed by atoms with Crippen molar-refractivity contribution in [2.75, 3.05) is 27.4 Å². The lowest BCUT2D eigenvalue weighted by atomic mass is 10.1. The van der Waals surface area contributed by atoms with Gasteiger partial charge < -0.3 is 23.5 Å². The average Bonchev–Trinajstić information content (AvgIpc) is 3.65. The van der Waals surface area contributed by atoms with Crippen LogP contribution >= 0.6 is 0 Å². The van der Waals surface area contributed by atoms with E-state index in [-0.39, 0.29) is 47.7 Å². The van der Waals surface area contributed by atoms with E-state index in [0.29, 0.717) is 23.7 Å². The molecule has 1 unspecified atom stereocenters. The summed E-state index contributed by atoms with van der Waals surface area (Å²) in [7, 11) is 3.06. The van der Waals surface area contributed by atoms with E-state index in [1.165, 1.54) is 30.2 Å². The van der Waals surface area contributed by atoms with E-state index in [2.05, 4.69) is 10.1 Å². The van der Waals surface area contributed by atoms with Crippen molar-refractivity contribution in [2.45, 2.75) is 25.6 Å². The maximum Gasteiger partial charge on any atom is 0.338 e. The van der Waals surface area contributed by atoms with Crippen LogP contribution in [0, 0.1) is 0 Å². The number of ether oxygens (including phenoxy) is 4. The number of carbonyl (C=O) groups is 3. The maximum atomic E-state index is 12.8. The van der Waals surface area contributed by atoms with Crippen LogP contribution in [0.15, 0.2) is 40.9 Å². The van der Waals surface area contributed by atoms with Gasteiger partial charge in [-0.2, -0.15) is 4.98 Å². The zero-order valence-corrected chi connectivity index (χ0v) is 19.7. The third-order valence-corrected chi connectivity index (χ3v) is 6.06. The summed E-state index contributed by atoms with van der Waals surface area (Å²) >= 11 is 0. The standard InChI is InChI=1S/C25H23N3O8/c1-32-15-6-8-18(20(11-15)33-2)22-26-21(36-27-22)13-35-25(31)14-5-7-17-19(10-14)24(30)28(23(17)29)12-16-4-3-9-34-16/h5-8,10-11,16H,3-4,9,12-13H2,1-2H3. The predicted octanol–water partition coefficient (Wildman–Crippen LogP) is 2.89. The Morgan fingerprint density at radius 3 is 2.61 bits per heavy atom. The van der Waals surface area contributed by atoms with E-state index in [4.69, 9.17) is 23.5 Å². The Bertz CT molecular complexity index is 1330. The molecule has 2 aliphatic rings. The van der Waals surface area contributed by atoms with Crippen LogP contribution < -0.4 is 9.47 Å². The highest BCUT2D eigenvalue weighted by Crippen LogP contribution is 2.32. The molecule has 186 valence electrons. The summed E-state index contributed by atoms with van der Waals surface area (Å²) in [6.07, 6.45) is 1.54. The lowest BCUT2D eigenvalue weighted by molar-refractivity contribution is 0.0429. The van der Waals surface area contributed by atoms with E-state index in [1.54, 1.807) is 25.3 Å². The van der Waals surface area contributed by atoms with E-state index >= 15 is 0 Å². The molecule has 0 spiro atoms. The molecule has 0 aliphatic carbocycles. The Hall–Kier alpha value is -4.25. The molecule has 0 radical (unpaired) electrons. The Morgan fingerprint density at radius 1 is 1.06 bits per heavy atom. The lowest BCUT2D eigenvalue weighted by Gasteiger charge is -2.17. The Kier molecular flexibility index (Phi) is 6.38. The summed E-state index contributed by atoms with van der Waals surface area (Å²) in [4.78, 5) is 43.6. The summed E-state index contributed by atoms with van der Waals surface area (Å²) in [6.45, 7) is 0.545. The lowest BCUT2D eigenvalue weighted by Crippen LogP contribution is -2.36. The summed E-state index contributed by atoms with van der Waals surface area (Å²) in [5.41, 5.74) is 1.13. The van der Waals surface area contributed by atoms with Crippen molar-refractivity contribution in [3.05, 3.63) is 59.0 Å². The van der Waals surface area contributed by atoms with Gasteiger partial charge in [0.15, 0.2) is 6.61 Å². The Balaban J connectivity index is 1.25. The van der Waals surface area contributed by atoms with Crippen LogP contribution in [-0.2, 0) is 16.1 Å². The van der Waals surface area contributed by atoms with Crippen LogP contribution in [0.25, 0.3) is 11.4 Å². The first kappa shape index (κ1) is 23.5. The molecule has 36 heavy (non-hydrogen) atoms. The number of esters is 1. The zero-order valence-electron chi connectivity index (χ0n) is 19.7. The molecular weight excluding hydrogens is 470 g/mol. The molecule has 1 atom stereocenters. The molecule has 11 nitrogen and oxygen atoms in total. The number of benzene rings is 2. The molecule has 3 aromatic rings. The minimum atomic E-state index is -0.697. The molecule has 3 heterocycles. The van der Waals surface area contributed by atoms with Gasteiger partial charge in [-0.3, -0.25) is 14.5 Å². The molecule has 1 fully saturated rings. The van der Waals surface area contributed by atoms with E-state index in [0.717, 1.165) is 12.8 Å². The topological polar surface area (TPSA) is 130 Å². The number of imide groups is 1. The van der Waals surface area contributed by atoms with Crippen molar-refractivity contribution < 1.29 is 37.9 Å². The smallest absolute Gasteiger partial charge is 0.338 e. The van der Waals surface area contributed by atoms with Crippen molar-refractivity contribution in [1.82, 2.24) is 15.0 Å². The van der Waals surface area contributed by atoms with Gasteiger partial charge in [-0.25, -0.2) is 4.79 Å². The van der Waals surface area contributed by atoms with Gasteiger partial charge in [0.1, 0.15) is 11.5 Å². The van der Waals surface area contributed by atoms with Crippen LogP contribution in [0.1, 0.15) is 49.8 Å². The van der Waals surface area contributed by atoms with E-state index in [9.17, 15) is 14.4 Å². The van der Waals surface area contributed by atoms with Gasteiger partial charge in [0.2, 0.25) is 5.82 Å². The number of methoxy groups -OCH3 is 2. The SMILES string of the molecule is COc1ccc(-c2noc(COC(=O)c3ccc4c(c3)C(=O)N(CC3CCCO3)C4=O)n2)c(OC)c1. The fraction of sp³-hybridized carbons (Fsp3) is 0.320. The second kappa shape index (κ2) is 9.78. The minimum absolute atomic E-state index is 0.0753. The van der Waals surface area contributed by atoms with Crippen LogP contribution in [0.2, 0.25) is 0 Å². The van der Waals surface area contributed by atoms with Crippen molar-refractivity contribution in [3.8, 4) is 22.9 Å². The second-order valence-corrected chi connectivity index (χ2v) is 8.27. The van der Waals surface area contributed by atoms with Crippen molar-refractivity contribution >= 4 is 17.8 Å². The molecule has 2 aromatic carbocycles. The molecule has 2 amide bonds. The van der Waals surface area contributed by atoms with Gasteiger partial charge in [0.25, 0.3) is 17.7 Å². The highest BCUT2D eigenvalue weighted by molar-refractivity contribution is 6.22. The first-order chi connectivity index (χ1) is 17.5. The number of nitrogens with zero attached hydrogens (tertiary/aromatic N) is 3. The Labute approximate surface area is 205 Å². The number of hydrogen-bond donors (Lipinski definition) is 0. The molecule has 11 heteroatoms. The summed E-state index contributed by atoms with van der Waals surface area (Å²) in [6, 6.07) is 9.42. The zero-order chi connectivity index (χ0) is 25.2. The second-order valence-electron chi connectivity index (χ2n) is 8.27. The molecule has 2 aliphatic heterocycles. The number of aromatic nitrogens is 2.